The van der Waals surface area contributed by atoms with E-state index >= 15 is 0 Å². The average molecular weight is 492 g/mol. The Morgan fingerprint density at radius 2 is 2.24 bits per heavy atom. The van der Waals surface area contributed by atoms with Crippen LogP contribution >= 0.6 is 11.6 Å². The van der Waals surface area contributed by atoms with Crippen LogP contribution < -0.4 is 10.1 Å². The van der Waals surface area contributed by atoms with Gasteiger partial charge in [-0.3, -0.25) is 4.79 Å². The summed E-state index contributed by atoms with van der Waals surface area (Å²) in [4.78, 5) is 19.5. The number of anilines is 1. The first-order valence-corrected chi connectivity index (χ1v) is 11.4. The number of nitrogens with one attached hydrogen (secondary N) is 1. The first-order valence-electron chi connectivity index (χ1n) is 11.0. The van der Waals surface area contributed by atoms with E-state index in [1.165, 1.54) is 7.11 Å². The minimum Gasteiger partial charge on any atom is -0.493 e. The quantitative estimate of drug-likeness (QED) is 0.486. The van der Waals surface area contributed by atoms with Crippen molar-refractivity contribution in [2.45, 2.75) is 31.5 Å². The van der Waals surface area contributed by atoms with Gasteiger partial charge in [-0.25, -0.2) is 4.39 Å². The molecule has 1 fully saturated rings. The number of halogens is 2. The second-order valence-electron chi connectivity index (χ2n) is 8.22. The molecule has 1 saturated heterocycles. The molecule has 1 aliphatic heterocycles. The van der Waals surface area contributed by atoms with E-state index in [-0.39, 0.29) is 30.7 Å². The van der Waals surface area contributed by atoms with Crippen molar-refractivity contribution in [3.8, 4) is 5.75 Å². The van der Waals surface area contributed by atoms with Gasteiger partial charge in [-0.15, -0.1) is 0 Å². The fraction of sp³-hybridized carbons (Fsp3) is 0.417. The third-order valence-corrected chi connectivity index (χ3v) is 6.05. The van der Waals surface area contributed by atoms with Gasteiger partial charge in [0, 0.05) is 23.7 Å². The maximum absolute atomic E-state index is 13.8. The van der Waals surface area contributed by atoms with Crippen LogP contribution in [0, 0.1) is 0 Å². The Kier molecular flexibility index (Phi) is 7.55. The maximum atomic E-state index is 13.8. The lowest BCUT2D eigenvalue weighted by molar-refractivity contribution is -0.0486. The van der Waals surface area contributed by atoms with Crippen molar-refractivity contribution in [2.75, 3.05) is 38.9 Å². The number of methoxy groups -OCH3 is 1. The first-order chi connectivity index (χ1) is 16.4. The van der Waals surface area contributed by atoms with Gasteiger partial charge < -0.3 is 29.2 Å². The molecule has 2 heterocycles. The number of nitrogens with zero attached hydrogens (tertiary/aromatic N) is 2. The lowest BCUT2D eigenvalue weighted by Crippen LogP contribution is -2.51. The molecule has 1 amide bonds. The summed E-state index contributed by atoms with van der Waals surface area (Å²) in [6, 6.07) is 9.25. The zero-order valence-corrected chi connectivity index (χ0v) is 19.7. The molecule has 3 aromatic rings. The summed E-state index contributed by atoms with van der Waals surface area (Å²) in [5.74, 6) is 0.118. The molecule has 3 atom stereocenters. The van der Waals surface area contributed by atoms with Crippen molar-refractivity contribution < 1.29 is 28.2 Å². The summed E-state index contributed by atoms with van der Waals surface area (Å²) >= 11 is 6.04. The highest BCUT2D eigenvalue weighted by atomic mass is 35.5. The van der Waals surface area contributed by atoms with Gasteiger partial charge in [0.05, 0.1) is 31.9 Å². The Morgan fingerprint density at radius 1 is 1.41 bits per heavy atom. The van der Waals surface area contributed by atoms with Gasteiger partial charge >= 0.3 is 0 Å². The number of carbonyl (C=O) groups excluding carboxylic acids is 1. The topological polar surface area (TPSA) is 97.1 Å². The molecule has 182 valence electrons. The third-order valence-electron chi connectivity index (χ3n) is 5.82. The Bertz CT molecular complexity index is 1160. The number of fused-ring (bicyclic) bond motifs is 1. The van der Waals surface area contributed by atoms with Crippen LogP contribution in [-0.4, -0.2) is 66.6 Å². The van der Waals surface area contributed by atoms with Gasteiger partial charge in [0.25, 0.3) is 11.9 Å². The van der Waals surface area contributed by atoms with Crippen LogP contribution in [0.5, 0.6) is 5.75 Å². The predicted octanol–water partition coefficient (Wildman–Crippen LogP) is 4.22. The van der Waals surface area contributed by atoms with E-state index in [2.05, 4.69) is 10.3 Å². The monoisotopic (exact) mass is 491 g/mol. The number of oxazole rings is 1. The number of aliphatic hydroxyl groups is 1. The second-order valence-corrected chi connectivity index (χ2v) is 8.66. The summed E-state index contributed by atoms with van der Waals surface area (Å²) in [5.41, 5.74) is 1.76. The maximum Gasteiger partial charge on any atom is 0.296 e. The molecule has 2 aromatic carbocycles. The molecular formula is C24H27ClFN3O5. The Labute approximate surface area is 201 Å². The number of aromatic nitrogens is 1. The molecule has 4 rings (SSSR count). The van der Waals surface area contributed by atoms with Crippen molar-refractivity contribution in [3.63, 3.8) is 0 Å². The molecule has 1 unspecified atom stereocenters. The van der Waals surface area contributed by atoms with E-state index in [4.69, 9.17) is 25.5 Å². The van der Waals surface area contributed by atoms with Crippen LogP contribution in [0.2, 0.25) is 5.02 Å². The van der Waals surface area contributed by atoms with Gasteiger partial charge in [-0.2, -0.15) is 4.98 Å². The SMILES string of the molecule is COc1cc(C(=O)N2C[C@H](C)OC[C@@H]2CCO)cc2nc(NC(CF)c3cccc(Cl)c3)oc12. The van der Waals surface area contributed by atoms with E-state index in [0.29, 0.717) is 52.6 Å². The zero-order valence-electron chi connectivity index (χ0n) is 19.0. The fourth-order valence-electron chi connectivity index (χ4n) is 4.07. The number of rotatable bonds is 8. The second kappa shape index (κ2) is 10.6. The number of hydrogen-bond donors (Lipinski definition) is 2. The smallest absolute Gasteiger partial charge is 0.296 e. The molecule has 1 aliphatic rings. The van der Waals surface area contributed by atoms with Gasteiger partial charge in [-0.1, -0.05) is 23.7 Å². The predicted molar refractivity (Wildman–Crippen MR) is 126 cm³/mol. The number of morpholine rings is 1. The molecular weight excluding hydrogens is 465 g/mol. The minimum absolute atomic E-state index is 0.0464. The number of amides is 1. The lowest BCUT2D eigenvalue weighted by Gasteiger charge is -2.38. The van der Waals surface area contributed by atoms with Crippen molar-refractivity contribution in [2.24, 2.45) is 0 Å². The molecule has 1 aromatic heterocycles. The van der Waals surface area contributed by atoms with Crippen LogP contribution in [0.25, 0.3) is 11.1 Å². The Hall–Kier alpha value is -2.88. The highest BCUT2D eigenvalue weighted by Crippen LogP contribution is 2.33. The number of alkyl halides is 1. The van der Waals surface area contributed by atoms with E-state index in [1.807, 2.05) is 6.92 Å². The molecule has 0 radical (unpaired) electrons. The molecule has 10 heteroatoms. The van der Waals surface area contributed by atoms with Crippen LogP contribution in [-0.2, 0) is 4.74 Å². The van der Waals surface area contributed by atoms with Crippen molar-refractivity contribution in [1.29, 1.82) is 0 Å². The van der Waals surface area contributed by atoms with Gasteiger partial charge in [0.2, 0.25) is 0 Å². The highest BCUT2D eigenvalue weighted by Gasteiger charge is 2.31. The largest absolute Gasteiger partial charge is 0.493 e. The summed E-state index contributed by atoms with van der Waals surface area (Å²) in [6.45, 7) is 1.92. The molecule has 8 nitrogen and oxygen atoms in total. The number of carbonyl (C=O) groups is 1. The molecule has 2 N–H and O–H groups in total. The van der Waals surface area contributed by atoms with E-state index in [9.17, 15) is 14.3 Å². The molecule has 0 aliphatic carbocycles. The van der Waals surface area contributed by atoms with Crippen LogP contribution in [0.3, 0.4) is 0 Å². The first kappa shape index (κ1) is 24.3. The normalized spacial score (nSPS) is 19.3. The third kappa shape index (κ3) is 5.11. The molecule has 0 bridgehead atoms. The fourth-order valence-corrected chi connectivity index (χ4v) is 4.27. The number of ether oxygens (including phenoxy) is 2. The van der Waals surface area contributed by atoms with Crippen LogP contribution in [0.15, 0.2) is 40.8 Å². The van der Waals surface area contributed by atoms with Gasteiger partial charge in [0.15, 0.2) is 11.3 Å². The summed E-state index contributed by atoms with van der Waals surface area (Å²) in [6.07, 6.45) is 0.306. The zero-order chi connectivity index (χ0) is 24.2. The summed E-state index contributed by atoms with van der Waals surface area (Å²) in [5, 5.41) is 12.8. The number of aliphatic hydroxyl groups excluding tert-OH is 1. The van der Waals surface area contributed by atoms with Crippen LogP contribution in [0.4, 0.5) is 10.4 Å². The van der Waals surface area contributed by atoms with E-state index < -0.39 is 12.7 Å². The number of benzene rings is 2. The van der Waals surface area contributed by atoms with Crippen molar-refractivity contribution >= 4 is 34.6 Å². The van der Waals surface area contributed by atoms with Crippen molar-refractivity contribution in [1.82, 2.24) is 9.88 Å². The molecule has 0 saturated carbocycles. The average Bonchev–Trinajstić information content (AvgIpc) is 3.25. The van der Waals surface area contributed by atoms with Crippen LogP contribution in [0.1, 0.15) is 35.3 Å². The van der Waals surface area contributed by atoms with E-state index in [0.717, 1.165) is 0 Å². The van der Waals surface area contributed by atoms with Crippen molar-refractivity contribution in [3.05, 3.63) is 52.5 Å². The highest BCUT2D eigenvalue weighted by molar-refractivity contribution is 6.30. The minimum atomic E-state index is -0.715. The summed E-state index contributed by atoms with van der Waals surface area (Å²) < 4.78 is 30.7. The summed E-state index contributed by atoms with van der Waals surface area (Å²) in [7, 11) is 1.47. The molecule has 34 heavy (non-hydrogen) atoms. The lowest BCUT2D eigenvalue weighted by atomic mass is 10.1. The van der Waals surface area contributed by atoms with E-state index in [1.54, 1.807) is 41.3 Å². The van der Waals surface area contributed by atoms with Gasteiger partial charge in [-0.05, 0) is 43.2 Å². The molecule has 0 spiro atoms. The Morgan fingerprint density at radius 3 is 2.94 bits per heavy atom. The standard InChI is InChI=1S/C24H27ClFN3O5/c1-14-12-29(18(6-7-30)13-33-14)23(31)16-9-19-22(21(10-16)32-2)34-24(27-19)28-20(11-26)15-4-3-5-17(25)8-15/h3-5,8-10,14,18,20,30H,6-7,11-13H2,1-2H3,(H,27,28)/t14-,18-,20?/m0/s1. The number of hydrogen-bond acceptors (Lipinski definition) is 7. The Balaban J connectivity index is 1.64. The van der Waals surface area contributed by atoms with Gasteiger partial charge in [0.1, 0.15) is 12.2 Å².